The molecule has 1 aromatic rings. The lowest BCUT2D eigenvalue weighted by Gasteiger charge is -2.18. The van der Waals surface area contributed by atoms with Crippen molar-refractivity contribution in [2.24, 2.45) is 5.41 Å². The largest absolute Gasteiger partial charge is 0.298 e. The summed E-state index contributed by atoms with van der Waals surface area (Å²) in [6.07, 6.45) is 0.448. The fraction of sp³-hybridized carbons (Fsp3) is 0.500. The van der Waals surface area contributed by atoms with Crippen molar-refractivity contribution in [1.29, 1.82) is 5.26 Å². The van der Waals surface area contributed by atoms with E-state index in [1.54, 1.807) is 0 Å². The van der Waals surface area contributed by atoms with Gasteiger partial charge in [0.1, 0.15) is 5.92 Å². The second-order valence-electron chi connectivity index (χ2n) is 4.78. The molecule has 0 aliphatic carbocycles. The summed E-state index contributed by atoms with van der Waals surface area (Å²) >= 11 is 1.47. The van der Waals surface area contributed by atoms with Crippen LogP contribution in [0.5, 0.6) is 0 Å². The van der Waals surface area contributed by atoms with Crippen molar-refractivity contribution in [3.05, 3.63) is 22.4 Å². The van der Waals surface area contributed by atoms with Crippen LogP contribution in [-0.2, 0) is 4.79 Å². The van der Waals surface area contributed by atoms with Gasteiger partial charge in [-0.15, -0.1) is 11.3 Å². The number of nitrogens with zero attached hydrogens (tertiary/aromatic N) is 1. The Balaban J connectivity index is 2.78. The standard InChI is InChI=1S/C12H15NOS/c1-12(2,3)7-10(14)9(8-13)11-5-4-6-15-11/h4-6,9H,7H2,1-3H3. The average molecular weight is 221 g/mol. The molecular formula is C12H15NOS. The third-order valence-corrected chi connectivity index (χ3v) is 2.92. The Morgan fingerprint density at radius 1 is 1.60 bits per heavy atom. The quantitative estimate of drug-likeness (QED) is 0.785. The van der Waals surface area contributed by atoms with Crippen LogP contribution in [0, 0.1) is 16.7 Å². The van der Waals surface area contributed by atoms with Crippen LogP contribution in [0.25, 0.3) is 0 Å². The van der Waals surface area contributed by atoms with Crippen LogP contribution < -0.4 is 0 Å². The minimum atomic E-state index is -0.579. The van der Waals surface area contributed by atoms with Crippen molar-refractivity contribution in [3.63, 3.8) is 0 Å². The molecule has 0 bridgehead atoms. The van der Waals surface area contributed by atoms with Gasteiger partial charge >= 0.3 is 0 Å². The Hall–Kier alpha value is -1.14. The molecule has 1 unspecified atom stereocenters. The zero-order valence-electron chi connectivity index (χ0n) is 9.28. The highest BCUT2D eigenvalue weighted by Crippen LogP contribution is 2.27. The number of Topliss-reactive ketones (excluding diaryl/α,β-unsaturated/α-hetero) is 1. The Bertz CT molecular complexity index is 367. The van der Waals surface area contributed by atoms with E-state index in [4.69, 9.17) is 5.26 Å². The molecule has 0 spiro atoms. The van der Waals surface area contributed by atoms with E-state index in [1.807, 2.05) is 38.3 Å². The van der Waals surface area contributed by atoms with Gasteiger partial charge in [0.05, 0.1) is 6.07 Å². The fourth-order valence-electron chi connectivity index (χ4n) is 1.37. The molecule has 0 aromatic carbocycles. The molecule has 2 nitrogen and oxygen atoms in total. The monoisotopic (exact) mass is 221 g/mol. The molecule has 0 fully saturated rings. The first-order valence-corrected chi connectivity index (χ1v) is 5.78. The molecule has 0 saturated heterocycles. The van der Waals surface area contributed by atoms with E-state index in [-0.39, 0.29) is 11.2 Å². The second kappa shape index (κ2) is 4.59. The maximum absolute atomic E-state index is 11.9. The first-order chi connectivity index (χ1) is 6.94. The van der Waals surface area contributed by atoms with E-state index in [0.717, 1.165) is 4.88 Å². The molecule has 0 aliphatic rings. The molecular weight excluding hydrogens is 206 g/mol. The van der Waals surface area contributed by atoms with E-state index in [0.29, 0.717) is 6.42 Å². The summed E-state index contributed by atoms with van der Waals surface area (Å²) in [5.74, 6) is -0.559. The zero-order valence-corrected chi connectivity index (χ0v) is 10.1. The summed E-state index contributed by atoms with van der Waals surface area (Å²) in [6, 6.07) is 5.80. The highest BCUT2D eigenvalue weighted by molar-refractivity contribution is 7.10. The summed E-state index contributed by atoms with van der Waals surface area (Å²) in [5, 5.41) is 10.9. The van der Waals surface area contributed by atoms with E-state index < -0.39 is 5.92 Å². The van der Waals surface area contributed by atoms with Crippen LogP contribution in [0.15, 0.2) is 17.5 Å². The number of nitriles is 1. The van der Waals surface area contributed by atoms with Gasteiger partial charge in [-0.05, 0) is 16.9 Å². The van der Waals surface area contributed by atoms with Crippen LogP contribution >= 0.6 is 11.3 Å². The molecule has 0 radical (unpaired) electrons. The second-order valence-corrected chi connectivity index (χ2v) is 5.76. The zero-order chi connectivity index (χ0) is 11.5. The van der Waals surface area contributed by atoms with Gasteiger partial charge < -0.3 is 0 Å². The van der Waals surface area contributed by atoms with E-state index in [1.165, 1.54) is 11.3 Å². The topological polar surface area (TPSA) is 40.9 Å². The maximum atomic E-state index is 11.9. The number of rotatable bonds is 3. The molecule has 1 atom stereocenters. The van der Waals surface area contributed by atoms with Crippen LogP contribution in [0.3, 0.4) is 0 Å². The van der Waals surface area contributed by atoms with Crippen molar-refractivity contribution in [3.8, 4) is 6.07 Å². The van der Waals surface area contributed by atoms with E-state index >= 15 is 0 Å². The lowest BCUT2D eigenvalue weighted by molar-refractivity contribution is -0.121. The summed E-state index contributed by atoms with van der Waals surface area (Å²) < 4.78 is 0. The number of ketones is 1. The molecule has 80 valence electrons. The van der Waals surface area contributed by atoms with Crippen LogP contribution in [0.2, 0.25) is 0 Å². The molecule has 3 heteroatoms. The molecule has 0 saturated carbocycles. The Labute approximate surface area is 94.5 Å². The van der Waals surface area contributed by atoms with Crippen molar-refractivity contribution in [2.45, 2.75) is 33.1 Å². The van der Waals surface area contributed by atoms with Crippen LogP contribution in [-0.4, -0.2) is 5.78 Å². The summed E-state index contributed by atoms with van der Waals surface area (Å²) in [6.45, 7) is 6.02. The lowest BCUT2D eigenvalue weighted by Crippen LogP contribution is -2.18. The average Bonchev–Trinajstić information content (AvgIpc) is 2.54. The van der Waals surface area contributed by atoms with Crippen molar-refractivity contribution in [1.82, 2.24) is 0 Å². The highest BCUT2D eigenvalue weighted by Gasteiger charge is 2.25. The smallest absolute Gasteiger partial charge is 0.155 e. The number of carbonyl (C=O) groups excluding carboxylic acids is 1. The SMILES string of the molecule is CC(C)(C)CC(=O)C(C#N)c1cccs1. The Morgan fingerprint density at radius 2 is 2.27 bits per heavy atom. The minimum absolute atomic E-state index is 0.0208. The normalized spacial score (nSPS) is 13.2. The minimum Gasteiger partial charge on any atom is -0.298 e. The molecule has 1 heterocycles. The van der Waals surface area contributed by atoms with Crippen molar-refractivity contribution >= 4 is 17.1 Å². The first-order valence-electron chi connectivity index (χ1n) is 4.90. The molecule has 0 N–H and O–H groups in total. The van der Waals surface area contributed by atoms with Gasteiger partial charge in [-0.1, -0.05) is 26.8 Å². The third-order valence-electron chi connectivity index (χ3n) is 1.98. The lowest BCUT2D eigenvalue weighted by atomic mass is 9.86. The van der Waals surface area contributed by atoms with Gasteiger partial charge in [0.15, 0.2) is 5.78 Å². The van der Waals surface area contributed by atoms with Gasteiger partial charge in [0, 0.05) is 11.3 Å². The summed E-state index contributed by atoms with van der Waals surface area (Å²) in [7, 11) is 0. The molecule has 0 amide bonds. The van der Waals surface area contributed by atoms with Gasteiger partial charge in [-0.25, -0.2) is 0 Å². The van der Waals surface area contributed by atoms with Crippen molar-refractivity contribution in [2.75, 3.05) is 0 Å². The highest BCUT2D eigenvalue weighted by atomic mass is 32.1. The predicted octanol–water partition coefficient (Wildman–Crippen LogP) is 3.36. The molecule has 15 heavy (non-hydrogen) atoms. The Kier molecular flexibility index (Phi) is 3.65. The first kappa shape index (κ1) is 11.9. The van der Waals surface area contributed by atoms with Gasteiger partial charge in [-0.2, -0.15) is 5.26 Å². The third kappa shape index (κ3) is 3.49. The van der Waals surface area contributed by atoms with Gasteiger partial charge in [0.2, 0.25) is 0 Å². The van der Waals surface area contributed by atoms with Gasteiger partial charge in [0.25, 0.3) is 0 Å². The van der Waals surface area contributed by atoms with Crippen LogP contribution in [0.4, 0.5) is 0 Å². The predicted molar refractivity (Wildman–Crippen MR) is 61.8 cm³/mol. The number of hydrogen-bond acceptors (Lipinski definition) is 3. The number of carbonyl (C=O) groups is 1. The number of hydrogen-bond donors (Lipinski definition) is 0. The van der Waals surface area contributed by atoms with E-state index in [2.05, 4.69) is 6.07 Å². The molecule has 1 aromatic heterocycles. The van der Waals surface area contributed by atoms with Crippen LogP contribution in [0.1, 0.15) is 38.0 Å². The summed E-state index contributed by atoms with van der Waals surface area (Å²) in [4.78, 5) is 12.7. The fourth-order valence-corrected chi connectivity index (χ4v) is 2.17. The maximum Gasteiger partial charge on any atom is 0.155 e. The molecule has 0 aliphatic heterocycles. The van der Waals surface area contributed by atoms with E-state index in [9.17, 15) is 4.79 Å². The Morgan fingerprint density at radius 3 is 2.67 bits per heavy atom. The number of thiophene rings is 1. The summed E-state index contributed by atoms with van der Waals surface area (Å²) in [5.41, 5.74) is -0.0521. The molecule has 1 rings (SSSR count). The van der Waals surface area contributed by atoms with Crippen molar-refractivity contribution < 1.29 is 4.79 Å². The van der Waals surface area contributed by atoms with Gasteiger partial charge in [-0.3, -0.25) is 4.79 Å².